The van der Waals surface area contributed by atoms with Gasteiger partial charge in [0, 0.05) is 41.9 Å². The van der Waals surface area contributed by atoms with Crippen LogP contribution < -0.4 is 10.1 Å². The lowest BCUT2D eigenvalue weighted by Gasteiger charge is -2.32. The molecule has 0 radical (unpaired) electrons. The van der Waals surface area contributed by atoms with Gasteiger partial charge in [0.05, 0.1) is 12.8 Å². The fourth-order valence-electron chi connectivity index (χ4n) is 3.72. The molecule has 3 aromatic rings. The molecule has 2 amide bonds. The van der Waals surface area contributed by atoms with E-state index in [-0.39, 0.29) is 17.9 Å². The van der Waals surface area contributed by atoms with Gasteiger partial charge in [0.2, 0.25) is 5.88 Å². The summed E-state index contributed by atoms with van der Waals surface area (Å²) in [5, 5.41) is 11.3. The molecule has 1 fully saturated rings. The average Bonchev–Trinajstić information content (AvgIpc) is 2.84. The summed E-state index contributed by atoms with van der Waals surface area (Å²) < 4.78 is 5.06. The van der Waals surface area contributed by atoms with Crippen LogP contribution in [0.2, 0.25) is 0 Å². The van der Waals surface area contributed by atoms with Gasteiger partial charge in [-0.1, -0.05) is 36.4 Å². The smallest absolute Gasteiger partial charge is 0.254 e. The SMILES string of the molecule is COc1ccc(-c2ccccc2C(=O)N2CCC(NC(=O)c3ccccc3)CC2)nn1. The van der Waals surface area contributed by atoms with Crippen molar-refractivity contribution >= 4 is 11.8 Å². The minimum absolute atomic E-state index is 0.0407. The number of methoxy groups -OCH3 is 1. The third kappa shape index (κ3) is 4.71. The van der Waals surface area contributed by atoms with Gasteiger partial charge < -0.3 is 15.0 Å². The van der Waals surface area contributed by atoms with Gasteiger partial charge >= 0.3 is 0 Å². The van der Waals surface area contributed by atoms with E-state index < -0.39 is 0 Å². The van der Waals surface area contributed by atoms with Crippen molar-refractivity contribution in [3.05, 3.63) is 77.9 Å². The van der Waals surface area contributed by atoms with Crippen LogP contribution in [0.1, 0.15) is 33.6 Å². The third-order valence-corrected chi connectivity index (χ3v) is 5.44. The molecule has 7 nitrogen and oxygen atoms in total. The van der Waals surface area contributed by atoms with Crippen molar-refractivity contribution in [1.29, 1.82) is 0 Å². The van der Waals surface area contributed by atoms with Crippen LogP contribution in [-0.2, 0) is 0 Å². The van der Waals surface area contributed by atoms with Crippen molar-refractivity contribution in [3.8, 4) is 17.1 Å². The summed E-state index contributed by atoms with van der Waals surface area (Å²) in [6, 6.07) is 20.2. The Morgan fingerprint density at radius 1 is 0.935 bits per heavy atom. The zero-order valence-electron chi connectivity index (χ0n) is 17.3. The Kier molecular flexibility index (Phi) is 6.21. The van der Waals surface area contributed by atoms with E-state index in [9.17, 15) is 9.59 Å². The van der Waals surface area contributed by atoms with Gasteiger partial charge in [-0.15, -0.1) is 10.2 Å². The highest BCUT2D eigenvalue weighted by Crippen LogP contribution is 2.25. The van der Waals surface area contributed by atoms with Crippen LogP contribution in [0.4, 0.5) is 0 Å². The van der Waals surface area contributed by atoms with E-state index >= 15 is 0 Å². The molecule has 0 bridgehead atoms. The lowest BCUT2D eigenvalue weighted by Crippen LogP contribution is -2.46. The average molecular weight is 416 g/mol. The number of likely N-dealkylation sites (tertiary alicyclic amines) is 1. The monoisotopic (exact) mass is 416 g/mol. The second kappa shape index (κ2) is 9.38. The Bertz CT molecular complexity index is 1050. The molecule has 1 saturated heterocycles. The molecule has 1 aliphatic heterocycles. The van der Waals surface area contributed by atoms with Crippen molar-refractivity contribution in [3.63, 3.8) is 0 Å². The van der Waals surface area contributed by atoms with Crippen LogP contribution in [0.3, 0.4) is 0 Å². The summed E-state index contributed by atoms with van der Waals surface area (Å²) in [5.41, 5.74) is 2.60. The molecule has 7 heteroatoms. The van der Waals surface area contributed by atoms with E-state index in [1.165, 1.54) is 7.11 Å². The minimum atomic E-state index is -0.0752. The number of ether oxygens (including phenoxy) is 1. The number of hydrogen-bond donors (Lipinski definition) is 1. The Balaban J connectivity index is 1.41. The van der Waals surface area contributed by atoms with E-state index in [0.29, 0.717) is 35.8 Å². The molecule has 31 heavy (non-hydrogen) atoms. The molecule has 1 aliphatic rings. The summed E-state index contributed by atoms with van der Waals surface area (Å²) in [6.45, 7) is 1.17. The Hall–Kier alpha value is -3.74. The van der Waals surface area contributed by atoms with Gasteiger partial charge in [0.1, 0.15) is 0 Å². The van der Waals surface area contributed by atoms with Gasteiger partial charge in [0.15, 0.2) is 0 Å². The van der Waals surface area contributed by atoms with Crippen LogP contribution >= 0.6 is 0 Å². The maximum absolute atomic E-state index is 13.2. The van der Waals surface area contributed by atoms with Gasteiger partial charge in [-0.25, -0.2) is 0 Å². The maximum Gasteiger partial charge on any atom is 0.254 e. The predicted molar refractivity (Wildman–Crippen MR) is 117 cm³/mol. The summed E-state index contributed by atoms with van der Waals surface area (Å²) in [6.07, 6.45) is 1.43. The first-order chi connectivity index (χ1) is 15.2. The second-order valence-corrected chi connectivity index (χ2v) is 7.41. The quantitative estimate of drug-likeness (QED) is 0.691. The van der Waals surface area contributed by atoms with Crippen LogP contribution in [0.15, 0.2) is 66.7 Å². The number of amides is 2. The Morgan fingerprint density at radius 2 is 1.65 bits per heavy atom. The van der Waals surface area contributed by atoms with Crippen LogP contribution in [-0.4, -0.2) is 53.2 Å². The number of nitrogens with one attached hydrogen (secondary N) is 1. The van der Waals surface area contributed by atoms with Gasteiger partial charge in [-0.2, -0.15) is 0 Å². The Labute approximate surface area is 181 Å². The minimum Gasteiger partial charge on any atom is -0.480 e. The molecule has 158 valence electrons. The number of carbonyl (C=O) groups is 2. The fourth-order valence-corrected chi connectivity index (χ4v) is 3.72. The molecule has 0 spiro atoms. The largest absolute Gasteiger partial charge is 0.480 e. The van der Waals surface area contributed by atoms with Crippen LogP contribution in [0.25, 0.3) is 11.3 Å². The topological polar surface area (TPSA) is 84.4 Å². The standard InChI is InChI=1S/C24H24N4O3/c1-31-22-12-11-21(26-27-22)19-9-5-6-10-20(19)24(30)28-15-13-18(14-16-28)25-23(29)17-7-3-2-4-8-17/h2-12,18H,13-16H2,1H3,(H,25,29). The van der Waals surface area contributed by atoms with Crippen LogP contribution in [0.5, 0.6) is 5.88 Å². The van der Waals surface area contributed by atoms with E-state index in [2.05, 4.69) is 15.5 Å². The zero-order valence-corrected chi connectivity index (χ0v) is 17.3. The van der Waals surface area contributed by atoms with E-state index in [4.69, 9.17) is 4.74 Å². The lowest BCUT2D eigenvalue weighted by molar-refractivity contribution is 0.0699. The zero-order chi connectivity index (χ0) is 21.6. The van der Waals surface area contributed by atoms with Gasteiger partial charge in [0.25, 0.3) is 11.8 Å². The molecule has 2 aromatic carbocycles. The second-order valence-electron chi connectivity index (χ2n) is 7.41. The van der Waals surface area contributed by atoms with Crippen molar-refractivity contribution in [1.82, 2.24) is 20.4 Å². The molecule has 4 rings (SSSR count). The molecule has 1 N–H and O–H groups in total. The van der Waals surface area contributed by atoms with Crippen molar-refractivity contribution < 1.29 is 14.3 Å². The highest BCUT2D eigenvalue weighted by atomic mass is 16.5. The molecule has 0 atom stereocenters. The highest BCUT2D eigenvalue weighted by Gasteiger charge is 2.26. The Morgan fingerprint density at radius 3 is 2.32 bits per heavy atom. The first kappa shape index (κ1) is 20.5. The molecule has 0 aliphatic carbocycles. The van der Waals surface area contributed by atoms with Crippen molar-refractivity contribution in [2.75, 3.05) is 20.2 Å². The number of aromatic nitrogens is 2. The number of benzene rings is 2. The number of hydrogen-bond acceptors (Lipinski definition) is 5. The first-order valence-electron chi connectivity index (χ1n) is 10.3. The van der Waals surface area contributed by atoms with Gasteiger partial charge in [-0.3, -0.25) is 9.59 Å². The highest BCUT2D eigenvalue weighted by molar-refractivity contribution is 6.00. The van der Waals surface area contributed by atoms with E-state index in [1.54, 1.807) is 24.3 Å². The molecule has 2 heterocycles. The third-order valence-electron chi connectivity index (χ3n) is 5.44. The molecule has 1 aromatic heterocycles. The summed E-state index contributed by atoms with van der Waals surface area (Å²) >= 11 is 0. The number of piperidine rings is 1. The number of rotatable bonds is 5. The molecular weight excluding hydrogens is 392 g/mol. The summed E-state index contributed by atoms with van der Waals surface area (Å²) in [7, 11) is 1.53. The van der Waals surface area contributed by atoms with Gasteiger partial charge in [-0.05, 0) is 37.1 Å². The lowest BCUT2D eigenvalue weighted by atomic mass is 10.00. The molecule has 0 saturated carbocycles. The molecular formula is C24H24N4O3. The van der Waals surface area contributed by atoms with Crippen molar-refractivity contribution in [2.45, 2.75) is 18.9 Å². The molecule has 0 unspecified atom stereocenters. The maximum atomic E-state index is 13.2. The van der Waals surface area contributed by atoms with E-state index in [0.717, 1.165) is 18.4 Å². The van der Waals surface area contributed by atoms with E-state index in [1.807, 2.05) is 47.4 Å². The number of nitrogens with zero attached hydrogens (tertiary/aromatic N) is 3. The summed E-state index contributed by atoms with van der Waals surface area (Å²) in [4.78, 5) is 27.5. The first-order valence-corrected chi connectivity index (χ1v) is 10.3. The summed E-state index contributed by atoms with van der Waals surface area (Å²) in [5.74, 6) is 0.307. The number of carbonyl (C=O) groups excluding carboxylic acids is 2. The van der Waals surface area contributed by atoms with Crippen molar-refractivity contribution in [2.24, 2.45) is 0 Å². The van der Waals surface area contributed by atoms with Crippen LogP contribution in [0, 0.1) is 0 Å². The fraction of sp³-hybridized carbons (Fsp3) is 0.250. The predicted octanol–water partition coefficient (Wildman–Crippen LogP) is 3.19. The normalized spacial score (nSPS) is 14.2.